The van der Waals surface area contributed by atoms with Crippen molar-refractivity contribution in [1.82, 2.24) is 0 Å². The zero-order chi connectivity index (χ0) is 12.4. The molecular weight excluding hydrogens is 210 g/mol. The molecule has 0 saturated heterocycles. The second-order valence-corrected chi connectivity index (χ2v) is 5.41. The summed E-state index contributed by atoms with van der Waals surface area (Å²) in [6.45, 7) is 7.36. The molecule has 2 unspecified atom stereocenters. The molecule has 17 heavy (non-hydrogen) atoms. The molecule has 0 aliphatic carbocycles. The number of hydrogen-bond acceptors (Lipinski definition) is 2. The first-order valence-corrected chi connectivity index (χ1v) is 6.62. The van der Waals surface area contributed by atoms with Gasteiger partial charge in [-0.25, -0.2) is 0 Å². The average Bonchev–Trinajstić information content (AvgIpc) is 2.49. The highest BCUT2D eigenvalue weighted by atomic mass is 16.5. The van der Waals surface area contributed by atoms with E-state index in [1.807, 2.05) is 0 Å². The van der Waals surface area contributed by atoms with Gasteiger partial charge in [0.25, 0.3) is 0 Å². The van der Waals surface area contributed by atoms with Crippen LogP contribution in [0, 0.1) is 0 Å². The van der Waals surface area contributed by atoms with Crippen LogP contribution in [0.15, 0.2) is 18.2 Å². The number of fused-ring (bicyclic) bond motifs is 1. The fourth-order valence-corrected chi connectivity index (χ4v) is 2.53. The maximum atomic E-state index is 6.12. The third-order valence-corrected chi connectivity index (χ3v) is 3.65. The summed E-state index contributed by atoms with van der Waals surface area (Å²) in [6, 6.07) is 6.77. The molecule has 2 atom stereocenters. The lowest BCUT2D eigenvalue weighted by Gasteiger charge is -2.21. The molecule has 0 fully saturated rings. The monoisotopic (exact) mass is 233 g/mol. The number of rotatable bonds is 2. The highest BCUT2D eigenvalue weighted by Crippen LogP contribution is 2.36. The summed E-state index contributed by atoms with van der Waals surface area (Å²) < 4.78 is 5.81. The molecule has 0 spiro atoms. The molecule has 1 heterocycles. The summed E-state index contributed by atoms with van der Waals surface area (Å²) in [6.07, 6.45) is 2.23. The van der Waals surface area contributed by atoms with Crippen LogP contribution >= 0.6 is 0 Å². The number of hydrogen-bond donors (Lipinski definition) is 1. The van der Waals surface area contributed by atoms with Gasteiger partial charge in [-0.3, -0.25) is 0 Å². The Morgan fingerprint density at radius 1 is 1.29 bits per heavy atom. The lowest BCUT2D eigenvalue weighted by Crippen LogP contribution is -2.24. The van der Waals surface area contributed by atoms with Gasteiger partial charge in [-0.1, -0.05) is 26.0 Å². The molecule has 0 radical (unpaired) electrons. The van der Waals surface area contributed by atoms with Gasteiger partial charge in [0.05, 0.1) is 6.61 Å². The highest BCUT2D eigenvalue weighted by Gasteiger charge is 2.23. The van der Waals surface area contributed by atoms with E-state index in [0.29, 0.717) is 11.8 Å². The number of ether oxygens (including phenoxy) is 1. The smallest absolute Gasteiger partial charge is 0.122 e. The van der Waals surface area contributed by atoms with E-state index in [0.717, 1.165) is 25.2 Å². The quantitative estimate of drug-likeness (QED) is 0.849. The van der Waals surface area contributed by atoms with Crippen molar-refractivity contribution in [2.24, 2.45) is 5.73 Å². The Morgan fingerprint density at radius 2 is 2.06 bits per heavy atom. The number of benzene rings is 1. The van der Waals surface area contributed by atoms with Crippen LogP contribution in [0.2, 0.25) is 0 Å². The molecule has 1 aliphatic rings. The van der Waals surface area contributed by atoms with E-state index >= 15 is 0 Å². The Bertz CT molecular complexity index is 385. The molecular formula is C15H23NO. The van der Waals surface area contributed by atoms with E-state index in [2.05, 4.69) is 39.0 Å². The van der Waals surface area contributed by atoms with Crippen molar-refractivity contribution in [1.29, 1.82) is 0 Å². The van der Waals surface area contributed by atoms with E-state index < -0.39 is 0 Å². The highest BCUT2D eigenvalue weighted by molar-refractivity contribution is 5.42. The normalized spacial score (nSPS) is 21.6. The minimum absolute atomic E-state index is 0.192. The van der Waals surface area contributed by atoms with Gasteiger partial charge in [-0.05, 0) is 42.9 Å². The third kappa shape index (κ3) is 2.63. The standard InChI is InChI=1S/C15H23NO/c1-10(2)12-6-7-15-14(9-12)13(11(3)16)5-4-8-17-15/h6-7,9-11,13H,4-5,8,16H2,1-3H3. The Labute approximate surface area is 104 Å². The summed E-state index contributed by atoms with van der Waals surface area (Å²) in [5.41, 5.74) is 8.81. The summed E-state index contributed by atoms with van der Waals surface area (Å²) >= 11 is 0. The molecule has 2 rings (SSSR count). The molecule has 0 bridgehead atoms. The van der Waals surface area contributed by atoms with Crippen molar-refractivity contribution in [2.45, 2.75) is 51.5 Å². The second kappa shape index (κ2) is 5.09. The van der Waals surface area contributed by atoms with Gasteiger partial charge in [-0.15, -0.1) is 0 Å². The molecule has 2 nitrogen and oxygen atoms in total. The van der Waals surface area contributed by atoms with Gasteiger partial charge < -0.3 is 10.5 Å². The van der Waals surface area contributed by atoms with Crippen LogP contribution in [0.5, 0.6) is 5.75 Å². The molecule has 1 aliphatic heterocycles. The first-order chi connectivity index (χ1) is 8.09. The maximum absolute atomic E-state index is 6.12. The summed E-state index contributed by atoms with van der Waals surface area (Å²) in [5, 5.41) is 0. The molecule has 1 aromatic carbocycles. The van der Waals surface area contributed by atoms with E-state index in [9.17, 15) is 0 Å². The maximum Gasteiger partial charge on any atom is 0.122 e. The van der Waals surface area contributed by atoms with Crippen LogP contribution < -0.4 is 10.5 Å². The largest absolute Gasteiger partial charge is 0.493 e. The van der Waals surface area contributed by atoms with Crippen LogP contribution in [0.3, 0.4) is 0 Å². The first kappa shape index (κ1) is 12.4. The molecule has 1 aromatic rings. The molecule has 2 heteroatoms. The van der Waals surface area contributed by atoms with Crippen LogP contribution in [-0.4, -0.2) is 12.6 Å². The van der Waals surface area contributed by atoms with E-state index in [4.69, 9.17) is 10.5 Å². The van der Waals surface area contributed by atoms with Crippen molar-refractivity contribution in [3.8, 4) is 5.75 Å². The Balaban J connectivity index is 2.42. The third-order valence-electron chi connectivity index (χ3n) is 3.65. The van der Waals surface area contributed by atoms with Crippen molar-refractivity contribution in [2.75, 3.05) is 6.61 Å². The molecule has 94 valence electrons. The van der Waals surface area contributed by atoms with Gasteiger partial charge in [-0.2, -0.15) is 0 Å². The predicted octanol–water partition coefficient (Wildman–Crippen LogP) is 3.41. The molecule has 0 aromatic heterocycles. The van der Waals surface area contributed by atoms with Crippen LogP contribution in [0.4, 0.5) is 0 Å². The second-order valence-electron chi connectivity index (χ2n) is 5.41. The zero-order valence-electron chi connectivity index (χ0n) is 11.1. The molecule has 0 saturated carbocycles. The van der Waals surface area contributed by atoms with Crippen LogP contribution in [0.25, 0.3) is 0 Å². The van der Waals surface area contributed by atoms with Gasteiger partial charge in [0.2, 0.25) is 0 Å². The van der Waals surface area contributed by atoms with Crippen LogP contribution in [-0.2, 0) is 0 Å². The SMILES string of the molecule is CC(C)c1ccc2c(c1)C(C(C)N)CCCO2. The van der Waals surface area contributed by atoms with Crippen LogP contribution in [0.1, 0.15) is 56.6 Å². The van der Waals surface area contributed by atoms with Gasteiger partial charge in [0.1, 0.15) is 5.75 Å². The Morgan fingerprint density at radius 3 is 2.71 bits per heavy atom. The van der Waals surface area contributed by atoms with Crippen molar-refractivity contribution in [3.05, 3.63) is 29.3 Å². The minimum atomic E-state index is 0.192. The predicted molar refractivity (Wildman–Crippen MR) is 71.7 cm³/mol. The Hall–Kier alpha value is -1.02. The lowest BCUT2D eigenvalue weighted by atomic mass is 9.86. The molecule has 0 amide bonds. The fraction of sp³-hybridized carbons (Fsp3) is 0.600. The summed E-state index contributed by atoms with van der Waals surface area (Å²) in [5.74, 6) is 2.03. The minimum Gasteiger partial charge on any atom is -0.493 e. The zero-order valence-corrected chi connectivity index (χ0v) is 11.1. The van der Waals surface area contributed by atoms with E-state index in [-0.39, 0.29) is 6.04 Å². The first-order valence-electron chi connectivity index (χ1n) is 6.62. The van der Waals surface area contributed by atoms with Gasteiger partial charge in [0, 0.05) is 12.0 Å². The van der Waals surface area contributed by atoms with Crippen molar-refractivity contribution >= 4 is 0 Å². The lowest BCUT2D eigenvalue weighted by molar-refractivity contribution is 0.315. The molecule has 2 N–H and O–H groups in total. The van der Waals surface area contributed by atoms with E-state index in [1.54, 1.807) is 0 Å². The summed E-state index contributed by atoms with van der Waals surface area (Å²) in [7, 11) is 0. The fourth-order valence-electron chi connectivity index (χ4n) is 2.53. The van der Waals surface area contributed by atoms with Gasteiger partial charge >= 0.3 is 0 Å². The topological polar surface area (TPSA) is 35.2 Å². The number of nitrogens with two attached hydrogens (primary N) is 1. The summed E-state index contributed by atoms with van der Waals surface area (Å²) in [4.78, 5) is 0. The van der Waals surface area contributed by atoms with Crippen molar-refractivity contribution < 1.29 is 4.74 Å². The van der Waals surface area contributed by atoms with Crippen molar-refractivity contribution in [3.63, 3.8) is 0 Å². The van der Waals surface area contributed by atoms with E-state index in [1.165, 1.54) is 11.1 Å². The van der Waals surface area contributed by atoms with Gasteiger partial charge in [0.15, 0.2) is 0 Å². The average molecular weight is 233 g/mol. The Kier molecular flexibility index (Phi) is 3.72.